The van der Waals surface area contributed by atoms with Crippen LogP contribution in [0.1, 0.15) is 6.92 Å². The minimum Gasteiger partial charge on any atom is -0.445 e. The number of nitrogens with zero attached hydrogens (tertiary/aromatic N) is 2. The first-order valence-electron chi connectivity index (χ1n) is 5.11. The van der Waals surface area contributed by atoms with Gasteiger partial charge in [0.25, 0.3) is 0 Å². The van der Waals surface area contributed by atoms with E-state index in [0.29, 0.717) is 31.3 Å². The Morgan fingerprint density at radius 2 is 1.82 bits per heavy atom. The number of nitrogens with two attached hydrogens (primary N) is 1. The molecule has 1 saturated heterocycles. The van der Waals surface area contributed by atoms with Crippen molar-refractivity contribution in [1.29, 1.82) is 0 Å². The maximum absolute atomic E-state index is 11.6. The van der Waals surface area contributed by atoms with Crippen LogP contribution in [0.4, 0.5) is 4.79 Å². The monoisotopic (exact) mass is 371 g/mol. The molecule has 0 radical (unpaired) electrons. The van der Waals surface area contributed by atoms with Crippen LogP contribution in [0.5, 0.6) is 0 Å². The van der Waals surface area contributed by atoms with E-state index in [9.17, 15) is 4.79 Å². The number of hydrogen-bond acceptors (Lipinski definition) is 3. The molecule has 1 fully saturated rings. The lowest BCUT2D eigenvalue weighted by Crippen LogP contribution is -2.52. The van der Waals surface area contributed by atoms with Gasteiger partial charge >= 0.3 is 6.09 Å². The van der Waals surface area contributed by atoms with E-state index in [4.69, 9.17) is 22.7 Å². The number of ether oxygens (including phenoxy) is 1. The summed E-state index contributed by atoms with van der Waals surface area (Å²) in [5, 5.41) is 0.384. The molecule has 0 aliphatic carbocycles. The molecule has 5 nitrogen and oxygen atoms in total. The van der Waals surface area contributed by atoms with Crippen LogP contribution in [0.25, 0.3) is 0 Å². The second-order valence-electron chi connectivity index (χ2n) is 3.82. The Morgan fingerprint density at radius 1 is 1.35 bits per heavy atom. The van der Waals surface area contributed by atoms with Gasteiger partial charge in [-0.05, 0) is 24.7 Å². The Bertz CT molecular complexity index is 304. The average molecular weight is 371 g/mol. The van der Waals surface area contributed by atoms with Crippen LogP contribution in [0.15, 0.2) is 12.2 Å². The van der Waals surface area contributed by atoms with Gasteiger partial charge in [-0.2, -0.15) is 0 Å². The average Bonchev–Trinajstić information content (AvgIpc) is 2.26. The van der Waals surface area contributed by atoms with Gasteiger partial charge in [-0.25, -0.2) is 4.79 Å². The van der Waals surface area contributed by atoms with Crippen molar-refractivity contribution >= 4 is 47.4 Å². The predicted octanol–water partition coefficient (Wildman–Crippen LogP) is 1.18. The van der Waals surface area contributed by atoms with Crippen molar-refractivity contribution in [2.45, 2.75) is 6.92 Å². The molecule has 0 saturated carbocycles. The molecule has 0 unspecified atom stereocenters. The zero-order valence-electron chi connectivity index (χ0n) is 9.85. The minimum absolute atomic E-state index is 0. The molecule has 0 bridgehead atoms. The number of carbonyl (C=O) groups is 1. The third kappa shape index (κ3) is 5.53. The van der Waals surface area contributed by atoms with Crippen LogP contribution >= 0.6 is 36.2 Å². The first kappa shape index (κ1) is 16.4. The summed E-state index contributed by atoms with van der Waals surface area (Å²) in [5.41, 5.74) is 6.33. The fourth-order valence-electron chi connectivity index (χ4n) is 1.39. The van der Waals surface area contributed by atoms with E-state index in [2.05, 4.69) is 6.58 Å². The number of piperazine rings is 1. The van der Waals surface area contributed by atoms with Crippen LogP contribution < -0.4 is 5.73 Å². The Kier molecular flexibility index (Phi) is 7.44. The smallest absolute Gasteiger partial charge is 0.410 e. The summed E-state index contributed by atoms with van der Waals surface area (Å²) in [6, 6.07) is 0. The molecule has 0 aromatic carbocycles. The largest absolute Gasteiger partial charge is 0.445 e. The standard InChI is InChI=1S/C10H17N3O2S.HI/c1-8(2)7-15-10(14)13-5-3-12(4-6-13)9(11)16;/h1,3-7H2,2H3,(H2,11,16);1H. The molecule has 2 N–H and O–H groups in total. The lowest BCUT2D eigenvalue weighted by molar-refractivity contribution is 0.0948. The highest BCUT2D eigenvalue weighted by molar-refractivity contribution is 14.0. The topological polar surface area (TPSA) is 58.8 Å². The van der Waals surface area contributed by atoms with Gasteiger partial charge in [0, 0.05) is 26.2 Å². The fraction of sp³-hybridized carbons (Fsp3) is 0.600. The van der Waals surface area contributed by atoms with Crippen LogP contribution in [-0.2, 0) is 4.74 Å². The third-order valence-electron chi connectivity index (χ3n) is 2.29. The molecule has 1 aliphatic heterocycles. The highest BCUT2D eigenvalue weighted by Crippen LogP contribution is 2.04. The van der Waals surface area contributed by atoms with E-state index in [0.717, 1.165) is 5.57 Å². The number of amides is 1. The SMILES string of the molecule is C=C(C)COC(=O)N1CCN(C(N)=S)CC1.I. The molecule has 17 heavy (non-hydrogen) atoms. The van der Waals surface area contributed by atoms with E-state index in [1.165, 1.54) is 0 Å². The highest BCUT2D eigenvalue weighted by atomic mass is 127. The van der Waals surface area contributed by atoms with Gasteiger partial charge < -0.3 is 20.3 Å². The summed E-state index contributed by atoms with van der Waals surface area (Å²) < 4.78 is 5.04. The van der Waals surface area contributed by atoms with Gasteiger partial charge in [0.05, 0.1) is 0 Å². The first-order chi connectivity index (χ1) is 7.50. The Morgan fingerprint density at radius 3 is 2.24 bits per heavy atom. The Balaban J connectivity index is 0.00000256. The van der Waals surface area contributed by atoms with E-state index in [-0.39, 0.29) is 36.7 Å². The number of halogens is 1. The summed E-state index contributed by atoms with van der Waals surface area (Å²) >= 11 is 4.86. The van der Waals surface area contributed by atoms with Gasteiger partial charge in [-0.3, -0.25) is 0 Å². The fourth-order valence-corrected chi connectivity index (χ4v) is 1.57. The number of carbonyl (C=O) groups excluding carboxylic acids is 1. The van der Waals surface area contributed by atoms with Crippen LogP contribution in [-0.4, -0.2) is 53.8 Å². The molecule has 0 aromatic rings. The third-order valence-corrected chi connectivity index (χ3v) is 2.55. The molecule has 1 rings (SSSR count). The lowest BCUT2D eigenvalue weighted by atomic mass is 10.3. The zero-order chi connectivity index (χ0) is 12.1. The molecule has 7 heteroatoms. The van der Waals surface area contributed by atoms with Crippen molar-refractivity contribution in [3.8, 4) is 0 Å². The van der Waals surface area contributed by atoms with Gasteiger partial charge in [0.15, 0.2) is 5.11 Å². The maximum Gasteiger partial charge on any atom is 0.410 e. The van der Waals surface area contributed by atoms with E-state index < -0.39 is 0 Å². The highest BCUT2D eigenvalue weighted by Gasteiger charge is 2.22. The van der Waals surface area contributed by atoms with E-state index in [1.807, 2.05) is 11.8 Å². The Hall–Kier alpha value is -0.570. The van der Waals surface area contributed by atoms with Crippen LogP contribution in [0.3, 0.4) is 0 Å². The van der Waals surface area contributed by atoms with Gasteiger partial charge in [0.1, 0.15) is 6.61 Å². The molecule has 1 aliphatic rings. The first-order valence-corrected chi connectivity index (χ1v) is 5.52. The molecule has 1 amide bonds. The molecule has 0 aromatic heterocycles. The molecule has 0 spiro atoms. The van der Waals surface area contributed by atoms with Crippen molar-refractivity contribution in [2.24, 2.45) is 5.73 Å². The van der Waals surface area contributed by atoms with E-state index in [1.54, 1.807) is 4.90 Å². The summed E-state index contributed by atoms with van der Waals surface area (Å²) in [6.07, 6.45) is -0.300. The Labute approximate surface area is 124 Å². The van der Waals surface area contributed by atoms with Crippen molar-refractivity contribution in [3.63, 3.8) is 0 Å². The number of thiocarbonyl (C=S) groups is 1. The predicted molar refractivity (Wildman–Crippen MR) is 81.5 cm³/mol. The zero-order valence-corrected chi connectivity index (χ0v) is 13.0. The summed E-state index contributed by atoms with van der Waals surface area (Å²) in [4.78, 5) is 15.1. The molecule has 0 atom stereocenters. The molecular formula is C10H18IN3O2S. The second-order valence-corrected chi connectivity index (χ2v) is 4.24. The molecule has 1 heterocycles. The number of rotatable bonds is 2. The van der Waals surface area contributed by atoms with Crippen molar-refractivity contribution in [2.75, 3.05) is 32.8 Å². The van der Waals surface area contributed by atoms with E-state index >= 15 is 0 Å². The normalized spacial score (nSPS) is 14.9. The van der Waals surface area contributed by atoms with Crippen molar-refractivity contribution in [3.05, 3.63) is 12.2 Å². The van der Waals surface area contributed by atoms with Crippen LogP contribution in [0.2, 0.25) is 0 Å². The molecule has 98 valence electrons. The molecular weight excluding hydrogens is 353 g/mol. The summed E-state index contributed by atoms with van der Waals surface area (Å²) in [6.45, 7) is 8.27. The van der Waals surface area contributed by atoms with Crippen molar-refractivity contribution in [1.82, 2.24) is 9.80 Å². The lowest BCUT2D eigenvalue weighted by Gasteiger charge is -2.34. The summed E-state index contributed by atoms with van der Waals surface area (Å²) in [7, 11) is 0. The van der Waals surface area contributed by atoms with Crippen LogP contribution in [0, 0.1) is 0 Å². The minimum atomic E-state index is -0.300. The summed E-state index contributed by atoms with van der Waals surface area (Å²) in [5.74, 6) is 0. The van der Waals surface area contributed by atoms with Gasteiger partial charge in [-0.1, -0.05) is 6.58 Å². The second kappa shape index (κ2) is 7.70. The quantitative estimate of drug-likeness (QED) is 0.449. The maximum atomic E-state index is 11.6. The number of hydrogen-bond donors (Lipinski definition) is 1. The van der Waals surface area contributed by atoms with Crippen molar-refractivity contribution < 1.29 is 9.53 Å². The van der Waals surface area contributed by atoms with Gasteiger partial charge in [-0.15, -0.1) is 24.0 Å². The van der Waals surface area contributed by atoms with Gasteiger partial charge in [0.2, 0.25) is 0 Å².